The maximum atomic E-state index is 13.6. The van der Waals surface area contributed by atoms with Crippen molar-refractivity contribution in [2.75, 3.05) is 0 Å². The van der Waals surface area contributed by atoms with Gasteiger partial charge in [0.2, 0.25) is 11.8 Å². The molecule has 0 radical (unpaired) electrons. The molecule has 2 aromatic rings. The van der Waals surface area contributed by atoms with Crippen LogP contribution in [0, 0.1) is 18.6 Å². The quantitative estimate of drug-likeness (QED) is 0.884. The fraction of sp³-hybridized carbons (Fsp3) is 0.400. The molecule has 4 nitrogen and oxygen atoms in total. The van der Waals surface area contributed by atoms with Crippen molar-refractivity contribution < 1.29 is 18.3 Å². The molecular weight excluding hydrogens is 338 g/mol. The Morgan fingerprint density at radius 1 is 1.19 bits per heavy atom. The van der Waals surface area contributed by atoms with Gasteiger partial charge in [-0.1, -0.05) is 12.1 Å². The summed E-state index contributed by atoms with van der Waals surface area (Å²) in [6.45, 7) is 1.97. The van der Waals surface area contributed by atoms with Gasteiger partial charge in [0, 0.05) is 24.4 Å². The zero-order valence-electron chi connectivity index (χ0n) is 14.7. The molecule has 1 aliphatic carbocycles. The summed E-state index contributed by atoms with van der Waals surface area (Å²) in [7, 11) is 0. The van der Waals surface area contributed by atoms with Gasteiger partial charge in [0.05, 0.1) is 6.42 Å². The predicted molar refractivity (Wildman–Crippen MR) is 93.9 cm³/mol. The Hall–Kier alpha value is -2.50. The Labute approximate surface area is 151 Å². The van der Waals surface area contributed by atoms with Gasteiger partial charge in [-0.15, -0.1) is 0 Å². The minimum atomic E-state index is -0.692. The van der Waals surface area contributed by atoms with Gasteiger partial charge >= 0.3 is 0 Å². The summed E-state index contributed by atoms with van der Waals surface area (Å²) in [5.41, 5.74) is 1.28. The van der Waals surface area contributed by atoms with Gasteiger partial charge in [-0.2, -0.15) is 0 Å². The van der Waals surface area contributed by atoms with E-state index in [-0.39, 0.29) is 30.0 Å². The fourth-order valence-electron chi connectivity index (χ4n) is 3.14. The Balaban J connectivity index is 1.44. The average Bonchev–Trinajstić information content (AvgIpc) is 2.61. The summed E-state index contributed by atoms with van der Waals surface area (Å²) in [6.07, 6.45) is 5.03. The molecule has 1 aromatic carbocycles. The lowest BCUT2D eigenvalue weighted by Gasteiger charge is -2.29. The van der Waals surface area contributed by atoms with E-state index < -0.39 is 11.6 Å². The van der Waals surface area contributed by atoms with Gasteiger partial charge in [0.25, 0.3) is 0 Å². The molecule has 1 amide bonds. The van der Waals surface area contributed by atoms with Crippen LogP contribution in [-0.2, 0) is 11.2 Å². The van der Waals surface area contributed by atoms with E-state index in [4.69, 9.17) is 4.74 Å². The van der Waals surface area contributed by atoms with E-state index in [1.807, 2.05) is 19.1 Å². The van der Waals surface area contributed by atoms with E-state index in [1.54, 1.807) is 6.20 Å². The molecule has 6 heteroatoms. The van der Waals surface area contributed by atoms with Crippen LogP contribution in [0.5, 0.6) is 5.88 Å². The third kappa shape index (κ3) is 5.00. The van der Waals surface area contributed by atoms with Gasteiger partial charge in [-0.3, -0.25) is 4.79 Å². The zero-order chi connectivity index (χ0) is 18.5. The van der Waals surface area contributed by atoms with Crippen molar-refractivity contribution in [2.24, 2.45) is 0 Å². The molecule has 1 saturated carbocycles. The van der Waals surface area contributed by atoms with Crippen LogP contribution in [-0.4, -0.2) is 23.0 Å². The van der Waals surface area contributed by atoms with Crippen LogP contribution in [0.3, 0.4) is 0 Å². The number of aromatic nitrogens is 1. The normalized spacial score (nSPS) is 19.8. The maximum Gasteiger partial charge on any atom is 0.224 e. The molecule has 1 N–H and O–H groups in total. The second-order valence-corrected chi connectivity index (χ2v) is 6.75. The average molecular weight is 360 g/mol. The number of halogens is 2. The third-order valence-corrected chi connectivity index (χ3v) is 4.58. The van der Waals surface area contributed by atoms with Crippen molar-refractivity contribution in [3.05, 3.63) is 59.3 Å². The molecular formula is C20H22F2N2O2. The zero-order valence-corrected chi connectivity index (χ0v) is 14.7. The van der Waals surface area contributed by atoms with E-state index in [0.29, 0.717) is 5.88 Å². The fourth-order valence-corrected chi connectivity index (χ4v) is 3.14. The van der Waals surface area contributed by atoms with E-state index in [9.17, 15) is 13.6 Å². The number of hydrogen-bond acceptors (Lipinski definition) is 3. The highest BCUT2D eigenvalue weighted by Crippen LogP contribution is 2.23. The molecule has 1 aliphatic rings. The maximum absolute atomic E-state index is 13.6. The molecule has 1 heterocycles. The number of rotatable bonds is 5. The highest BCUT2D eigenvalue weighted by Gasteiger charge is 2.24. The lowest BCUT2D eigenvalue weighted by molar-refractivity contribution is -0.121. The standard InChI is InChI=1S/C20H22F2N2O2/c1-13-2-9-20(23-12-13)26-17-7-5-16(6-8-17)24-19(25)10-14-3-4-15(21)11-18(14)22/h2-4,9,11-12,16-17H,5-8,10H2,1H3,(H,24,25). The molecule has 0 atom stereocenters. The van der Waals surface area contributed by atoms with E-state index >= 15 is 0 Å². The molecule has 0 aliphatic heterocycles. The van der Waals surface area contributed by atoms with Crippen LogP contribution in [0.25, 0.3) is 0 Å². The van der Waals surface area contributed by atoms with Crippen LogP contribution < -0.4 is 10.1 Å². The summed E-state index contributed by atoms with van der Waals surface area (Å²) in [5, 5.41) is 2.93. The lowest BCUT2D eigenvalue weighted by Crippen LogP contribution is -2.40. The minimum Gasteiger partial charge on any atom is -0.474 e. The first-order chi connectivity index (χ1) is 12.5. The third-order valence-electron chi connectivity index (χ3n) is 4.58. The number of amides is 1. The number of pyridine rings is 1. The number of carbonyl (C=O) groups excluding carboxylic acids is 1. The molecule has 26 heavy (non-hydrogen) atoms. The number of nitrogens with one attached hydrogen (secondary N) is 1. The predicted octanol–water partition coefficient (Wildman–Crippen LogP) is 3.72. The molecule has 0 bridgehead atoms. The van der Waals surface area contributed by atoms with Crippen LogP contribution in [0.15, 0.2) is 36.5 Å². The second kappa shape index (κ2) is 8.25. The lowest BCUT2D eigenvalue weighted by atomic mass is 9.92. The monoisotopic (exact) mass is 360 g/mol. The second-order valence-electron chi connectivity index (χ2n) is 6.75. The van der Waals surface area contributed by atoms with Gasteiger partial charge in [0.15, 0.2) is 0 Å². The number of hydrogen-bond donors (Lipinski definition) is 1. The topological polar surface area (TPSA) is 51.2 Å². The minimum absolute atomic E-state index is 0.0526. The van der Waals surface area contributed by atoms with Crippen molar-refractivity contribution in [1.82, 2.24) is 10.3 Å². The first-order valence-electron chi connectivity index (χ1n) is 8.82. The molecule has 138 valence electrons. The van der Waals surface area contributed by atoms with Crippen LogP contribution >= 0.6 is 0 Å². The highest BCUT2D eigenvalue weighted by atomic mass is 19.1. The van der Waals surface area contributed by atoms with Crippen molar-refractivity contribution in [3.8, 4) is 5.88 Å². The smallest absolute Gasteiger partial charge is 0.224 e. The van der Waals surface area contributed by atoms with E-state index in [1.165, 1.54) is 6.07 Å². The molecule has 0 spiro atoms. The highest BCUT2D eigenvalue weighted by molar-refractivity contribution is 5.78. The largest absolute Gasteiger partial charge is 0.474 e. The van der Waals surface area contributed by atoms with Gasteiger partial charge in [0.1, 0.15) is 17.7 Å². The van der Waals surface area contributed by atoms with E-state index in [0.717, 1.165) is 43.4 Å². The molecule has 1 aromatic heterocycles. The van der Waals surface area contributed by atoms with Gasteiger partial charge in [-0.25, -0.2) is 13.8 Å². The van der Waals surface area contributed by atoms with Crippen molar-refractivity contribution in [3.63, 3.8) is 0 Å². The molecule has 0 unspecified atom stereocenters. The van der Waals surface area contributed by atoms with Gasteiger partial charge in [-0.05, 0) is 49.8 Å². The Morgan fingerprint density at radius 3 is 2.62 bits per heavy atom. The van der Waals surface area contributed by atoms with Crippen LogP contribution in [0.2, 0.25) is 0 Å². The number of benzene rings is 1. The summed E-state index contributed by atoms with van der Waals surface area (Å²) in [4.78, 5) is 16.4. The van der Waals surface area contributed by atoms with Crippen molar-refractivity contribution in [2.45, 2.75) is 51.2 Å². The van der Waals surface area contributed by atoms with Crippen LogP contribution in [0.1, 0.15) is 36.8 Å². The molecule has 1 fully saturated rings. The summed E-state index contributed by atoms with van der Waals surface area (Å²) >= 11 is 0. The van der Waals surface area contributed by atoms with Gasteiger partial charge < -0.3 is 10.1 Å². The number of ether oxygens (including phenoxy) is 1. The van der Waals surface area contributed by atoms with Crippen molar-refractivity contribution in [1.29, 1.82) is 0 Å². The number of nitrogens with zero attached hydrogens (tertiary/aromatic N) is 1. The Kier molecular flexibility index (Phi) is 5.81. The number of aryl methyl sites for hydroxylation is 1. The van der Waals surface area contributed by atoms with E-state index in [2.05, 4.69) is 10.3 Å². The molecule has 3 rings (SSSR count). The number of carbonyl (C=O) groups is 1. The Morgan fingerprint density at radius 2 is 1.96 bits per heavy atom. The Bertz CT molecular complexity index is 757. The summed E-state index contributed by atoms with van der Waals surface area (Å²) in [5.74, 6) is -0.967. The molecule has 0 saturated heterocycles. The van der Waals surface area contributed by atoms with Crippen molar-refractivity contribution >= 4 is 5.91 Å². The SMILES string of the molecule is Cc1ccc(OC2CCC(NC(=O)Cc3ccc(F)cc3F)CC2)nc1. The summed E-state index contributed by atoms with van der Waals surface area (Å²) in [6, 6.07) is 7.14. The summed E-state index contributed by atoms with van der Waals surface area (Å²) < 4.78 is 32.4. The van der Waals surface area contributed by atoms with Crippen LogP contribution in [0.4, 0.5) is 8.78 Å². The first kappa shape index (κ1) is 18.3. The first-order valence-corrected chi connectivity index (χ1v) is 8.82.